The van der Waals surface area contributed by atoms with Crippen molar-refractivity contribution >= 4 is 0 Å². The lowest BCUT2D eigenvalue weighted by molar-refractivity contribution is -0.0970. The van der Waals surface area contributed by atoms with Gasteiger partial charge in [0.25, 0.3) is 0 Å². The Balaban J connectivity index is 2.87. The molecule has 0 saturated heterocycles. The molecule has 0 aliphatic heterocycles. The summed E-state index contributed by atoms with van der Waals surface area (Å²) in [6.07, 6.45) is 2.55. The molecule has 1 aliphatic carbocycles. The van der Waals surface area contributed by atoms with E-state index in [-0.39, 0.29) is 17.3 Å². The minimum absolute atomic E-state index is 0.00810. The fourth-order valence-corrected chi connectivity index (χ4v) is 2.79. The van der Waals surface area contributed by atoms with E-state index in [4.69, 9.17) is 0 Å². The van der Waals surface area contributed by atoms with Crippen LogP contribution in [0.5, 0.6) is 0 Å². The van der Waals surface area contributed by atoms with Crippen LogP contribution in [-0.4, -0.2) is 33.6 Å². The summed E-state index contributed by atoms with van der Waals surface area (Å²) in [6, 6.07) is 0. The minimum Gasteiger partial charge on any atom is -0.390 e. The molecule has 0 aromatic carbocycles. The molecule has 1 aliphatic rings. The Morgan fingerprint density at radius 2 is 1.88 bits per heavy atom. The number of rotatable bonds is 2. The van der Waals surface area contributed by atoms with Crippen LogP contribution in [0.2, 0.25) is 0 Å². The summed E-state index contributed by atoms with van der Waals surface area (Å²) in [7, 11) is 0. The van der Waals surface area contributed by atoms with Crippen LogP contribution in [0.25, 0.3) is 0 Å². The first-order valence-electron chi connectivity index (χ1n) is 5.98. The molecule has 0 bridgehead atoms. The van der Waals surface area contributed by atoms with Gasteiger partial charge in [0.2, 0.25) is 0 Å². The van der Waals surface area contributed by atoms with Gasteiger partial charge in [-0.1, -0.05) is 32.9 Å². The molecule has 1 unspecified atom stereocenters. The van der Waals surface area contributed by atoms with Crippen LogP contribution in [0.15, 0.2) is 12.2 Å². The zero-order valence-corrected chi connectivity index (χ0v) is 10.6. The summed E-state index contributed by atoms with van der Waals surface area (Å²) >= 11 is 0. The van der Waals surface area contributed by atoms with E-state index in [1.54, 1.807) is 13.0 Å². The van der Waals surface area contributed by atoms with Gasteiger partial charge >= 0.3 is 0 Å². The van der Waals surface area contributed by atoms with E-state index in [0.29, 0.717) is 6.42 Å². The Labute approximate surface area is 97.8 Å². The van der Waals surface area contributed by atoms with Gasteiger partial charge in [-0.15, -0.1) is 0 Å². The molecule has 16 heavy (non-hydrogen) atoms. The molecule has 0 heterocycles. The number of hydrogen-bond donors (Lipinski definition) is 3. The Morgan fingerprint density at radius 1 is 1.31 bits per heavy atom. The molecule has 0 amide bonds. The molecule has 94 valence electrons. The lowest BCUT2D eigenvalue weighted by atomic mass is 9.62. The summed E-state index contributed by atoms with van der Waals surface area (Å²) in [5.74, 6) is 0.189. The molecular formula is C13H24O3. The molecule has 3 nitrogen and oxygen atoms in total. The lowest BCUT2D eigenvalue weighted by Crippen LogP contribution is -2.48. The van der Waals surface area contributed by atoms with Gasteiger partial charge in [-0.05, 0) is 30.6 Å². The van der Waals surface area contributed by atoms with Crippen LogP contribution in [-0.2, 0) is 0 Å². The first kappa shape index (κ1) is 13.7. The molecule has 0 radical (unpaired) electrons. The van der Waals surface area contributed by atoms with Crippen LogP contribution in [0.3, 0.4) is 0 Å². The van der Waals surface area contributed by atoms with Crippen molar-refractivity contribution < 1.29 is 15.3 Å². The SMILES string of the molecule is C[C@@H](O)/C=C/C1[C@H](C)[C@H](O)[C@@H](O)CC1(C)C. The van der Waals surface area contributed by atoms with E-state index in [1.807, 2.05) is 13.0 Å². The summed E-state index contributed by atoms with van der Waals surface area (Å²) in [5.41, 5.74) is -0.0521. The number of aliphatic hydroxyl groups is 3. The van der Waals surface area contributed by atoms with E-state index in [9.17, 15) is 15.3 Å². The van der Waals surface area contributed by atoms with Gasteiger partial charge in [-0.25, -0.2) is 0 Å². The fraction of sp³-hybridized carbons (Fsp3) is 0.846. The largest absolute Gasteiger partial charge is 0.390 e. The third-order valence-corrected chi connectivity index (χ3v) is 3.73. The molecule has 3 N–H and O–H groups in total. The van der Waals surface area contributed by atoms with Crippen molar-refractivity contribution in [2.75, 3.05) is 0 Å². The molecule has 1 fully saturated rings. The molecule has 5 atom stereocenters. The highest BCUT2D eigenvalue weighted by atomic mass is 16.3. The van der Waals surface area contributed by atoms with E-state index < -0.39 is 18.3 Å². The third-order valence-electron chi connectivity index (χ3n) is 3.73. The Kier molecular flexibility index (Phi) is 4.16. The predicted octanol–water partition coefficient (Wildman–Crippen LogP) is 1.33. The van der Waals surface area contributed by atoms with E-state index >= 15 is 0 Å². The van der Waals surface area contributed by atoms with Crippen LogP contribution in [0.4, 0.5) is 0 Å². The van der Waals surface area contributed by atoms with Gasteiger partial charge in [-0.2, -0.15) is 0 Å². The standard InChI is InChI=1S/C13H24O3/c1-8(14)5-6-10-9(2)12(16)11(15)7-13(10,3)4/h5-6,8-12,14-16H,7H2,1-4H3/b6-5+/t8-,9+,10?,11+,12+/m1/s1. The van der Waals surface area contributed by atoms with Gasteiger partial charge in [0.05, 0.1) is 18.3 Å². The van der Waals surface area contributed by atoms with Gasteiger partial charge in [0, 0.05) is 0 Å². The van der Waals surface area contributed by atoms with Crippen LogP contribution < -0.4 is 0 Å². The first-order chi connectivity index (χ1) is 7.25. The van der Waals surface area contributed by atoms with Crippen LogP contribution in [0, 0.1) is 17.3 Å². The molecule has 0 aromatic heterocycles. The van der Waals surface area contributed by atoms with Crippen molar-refractivity contribution in [3.8, 4) is 0 Å². The maximum absolute atomic E-state index is 9.87. The average Bonchev–Trinajstić information content (AvgIpc) is 2.12. The van der Waals surface area contributed by atoms with Gasteiger partial charge < -0.3 is 15.3 Å². The third kappa shape index (κ3) is 2.84. The monoisotopic (exact) mass is 228 g/mol. The van der Waals surface area contributed by atoms with Crippen molar-refractivity contribution in [2.45, 2.75) is 52.4 Å². The van der Waals surface area contributed by atoms with Crippen LogP contribution >= 0.6 is 0 Å². The van der Waals surface area contributed by atoms with E-state index in [0.717, 1.165) is 0 Å². The van der Waals surface area contributed by atoms with Gasteiger partial charge in [0.1, 0.15) is 0 Å². The summed E-state index contributed by atoms with van der Waals surface area (Å²) < 4.78 is 0. The van der Waals surface area contributed by atoms with Crippen molar-refractivity contribution in [1.82, 2.24) is 0 Å². The zero-order chi connectivity index (χ0) is 12.5. The van der Waals surface area contributed by atoms with Crippen molar-refractivity contribution in [1.29, 1.82) is 0 Å². The summed E-state index contributed by atoms with van der Waals surface area (Å²) in [6.45, 7) is 7.85. The Morgan fingerprint density at radius 3 is 2.38 bits per heavy atom. The van der Waals surface area contributed by atoms with Crippen LogP contribution in [0.1, 0.15) is 34.1 Å². The summed E-state index contributed by atoms with van der Waals surface area (Å²) in [4.78, 5) is 0. The summed E-state index contributed by atoms with van der Waals surface area (Å²) in [5, 5.41) is 28.9. The fourth-order valence-electron chi connectivity index (χ4n) is 2.79. The Hall–Kier alpha value is -0.380. The maximum Gasteiger partial charge on any atom is 0.0830 e. The van der Waals surface area contributed by atoms with Crippen molar-refractivity contribution in [2.24, 2.45) is 17.3 Å². The molecular weight excluding hydrogens is 204 g/mol. The normalized spacial score (nSPS) is 41.2. The molecule has 3 heteroatoms. The predicted molar refractivity (Wildman–Crippen MR) is 63.9 cm³/mol. The van der Waals surface area contributed by atoms with Gasteiger partial charge in [-0.3, -0.25) is 0 Å². The Bertz CT molecular complexity index is 258. The molecule has 1 rings (SSSR count). The average molecular weight is 228 g/mol. The van der Waals surface area contributed by atoms with Crippen molar-refractivity contribution in [3.63, 3.8) is 0 Å². The molecule has 0 aromatic rings. The van der Waals surface area contributed by atoms with Gasteiger partial charge in [0.15, 0.2) is 0 Å². The molecule has 0 spiro atoms. The lowest BCUT2D eigenvalue weighted by Gasteiger charge is -2.46. The smallest absolute Gasteiger partial charge is 0.0830 e. The second-order valence-corrected chi connectivity index (χ2v) is 5.76. The highest BCUT2D eigenvalue weighted by molar-refractivity contribution is 5.05. The molecule has 1 saturated carbocycles. The number of hydrogen-bond acceptors (Lipinski definition) is 3. The zero-order valence-electron chi connectivity index (χ0n) is 10.6. The van der Waals surface area contributed by atoms with E-state index in [1.165, 1.54) is 0 Å². The number of allylic oxidation sites excluding steroid dienone is 1. The highest BCUT2D eigenvalue weighted by Gasteiger charge is 2.44. The van der Waals surface area contributed by atoms with E-state index in [2.05, 4.69) is 13.8 Å². The highest BCUT2D eigenvalue weighted by Crippen LogP contribution is 2.44. The number of aliphatic hydroxyl groups excluding tert-OH is 3. The second kappa shape index (κ2) is 4.86. The first-order valence-corrected chi connectivity index (χ1v) is 5.98. The van der Waals surface area contributed by atoms with Crippen molar-refractivity contribution in [3.05, 3.63) is 12.2 Å². The quantitative estimate of drug-likeness (QED) is 0.625. The minimum atomic E-state index is -0.670. The second-order valence-electron chi connectivity index (χ2n) is 5.76. The maximum atomic E-state index is 9.87. The topological polar surface area (TPSA) is 60.7 Å².